The number of halogens is 1. The molecule has 0 N–H and O–H groups in total. The highest BCUT2D eigenvalue weighted by Crippen LogP contribution is 2.30. The Labute approximate surface area is 185 Å². The molecule has 0 spiro atoms. The van der Waals surface area contributed by atoms with Crippen molar-refractivity contribution >= 4 is 12.1 Å². The second-order valence-corrected chi connectivity index (χ2v) is 7.30. The van der Waals surface area contributed by atoms with Crippen LogP contribution < -0.4 is 9.47 Å². The van der Waals surface area contributed by atoms with E-state index >= 15 is 0 Å². The van der Waals surface area contributed by atoms with Gasteiger partial charge in [-0.05, 0) is 42.3 Å². The Morgan fingerprint density at radius 3 is 2.81 bits per heavy atom. The number of benzene rings is 1. The molecular formula is C24H23FN4O3. The number of aromatic nitrogens is 2. The van der Waals surface area contributed by atoms with Gasteiger partial charge in [-0.15, -0.1) is 0 Å². The molecule has 0 atom stereocenters. The Morgan fingerprint density at radius 2 is 2.06 bits per heavy atom. The number of aliphatic imine (C=N–C) groups is 1. The van der Waals surface area contributed by atoms with Gasteiger partial charge in [-0.2, -0.15) is 0 Å². The second-order valence-electron chi connectivity index (χ2n) is 7.30. The molecule has 0 bridgehead atoms. The molecule has 164 valence electrons. The fourth-order valence-electron chi connectivity index (χ4n) is 3.65. The van der Waals surface area contributed by atoms with Crippen LogP contribution in [0.3, 0.4) is 0 Å². The lowest BCUT2D eigenvalue weighted by molar-refractivity contribution is 0.0776. The third-order valence-electron chi connectivity index (χ3n) is 5.20. The molecule has 8 heteroatoms. The molecule has 1 amide bonds. The predicted molar refractivity (Wildman–Crippen MR) is 119 cm³/mol. The standard InChI is InChI=1S/C24H23FN4O3/c1-4-32-23-18(15-6-5-7-17(25)10-15)8-9-21(28-23)24(30)29(2)14-20-19-13-26-11-16(19)12-27-22(20)31-3/h5-12H,4,13-14H2,1-3H3. The molecule has 0 saturated carbocycles. The number of nitrogens with zero attached hydrogens (tertiary/aromatic N) is 4. The van der Waals surface area contributed by atoms with Crippen LogP contribution in [0.5, 0.6) is 11.8 Å². The summed E-state index contributed by atoms with van der Waals surface area (Å²) in [6.45, 7) is 3.01. The van der Waals surface area contributed by atoms with E-state index in [1.54, 1.807) is 55.7 Å². The number of methoxy groups -OCH3 is 1. The molecule has 0 aliphatic carbocycles. The van der Waals surface area contributed by atoms with E-state index in [0.29, 0.717) is 36.7 Å². The molecule has 0 radical (unpaired) electrons. The summed E-state index contributed by atoms with van der Waals surface area (Å²) in [4.78, 5) is 27.8. The first kappa shape index (κ1) is 21.4. The molecule has 0 fully saturated rings. The summed E-state index contributed by atoms with van der Waals surface area (Å²) in [7, 11) is 3.25. The highest BCUT2D eigenvalue weighted by molar-refractivity contribution is 5.93. The van der Waals surface area contributed by atoms with E-state index in [-0.39, 0.29) is 23.3 Å². The van der Waals surface area contributed by atoms with Gasteiger partial charge in [-0.3, -0.25) is 9.79 Å². The minimum Gasteiger partial charge on any atom is -0.481 e. The molecule has 1 aliphatic rings. The maximum absolute atomic E-state index is 13.7. The van der Waals surface area contributed by atoms with Crippen molar-refractivity contribution in [3.63, 3.8) is 0 Å². The SMILES string of the molecule is CCOc1nc(C(=O)N(C)Cc2c(OC)ncc3c2CN=C3)ccc1-c1cccc(F)c1. The summed E-state index contributed by atoms with van der Waals surface area (Å²) in [6.07, 6.45) is 3.49. The van der Waals surface area contributed by atoms with Crippen molar-refractivity contribution in [3.8, 4) is 22.9 Å². The first-order valence-corrected chi connectivity index (χ1v) is 10.2. The summed E-state index contributed by atoms with van der Waals surface area (Å²) < 4.78 is 24.8. The fraction of sp³-hybridized carbons (Fsp3) is 0.250. The monoisotopic (exact) mass is 434 g/mol. The minimum absolute atomic E-state index is 0.229. The second kappa shape index (κ2) is 9.13. The summed E-state index contributed by atoms with van der Waals surface area (Å²) in [5.74, 6) is 0.117. The van der Waals surface area contributed by atoms with E-state index in [4.69, 9.17) is 9.47 Å². The number of fused-ring (bicyclic) bond motifs is 1. The number of hydrogen-bond acceptors (Lipinski definition) is 6. The van der Waals surface area contributed by atoms with Gasteiger partial charge < -0.3 is 14.4 Å². The average Bonchev–Trinajstić information content (AvgIpc) is 3.28. The van der Waals surface area contributed by atoms with Crippen LogP contribution in [0.25, 0.3) is 11.1 Å². The van der Waals surface area contributed by atoms with Crippen molar-refractivity contribution in [2.24, 2.45) is 4.99 Å². The smallest absolute Gasteiger partial charge is 0.272 e. The average molecular weight is 434 g/mol. The first-order chi connectivity index (χ1) is 15.5. The van der Waals surface area contributed by atoms with Crippen LogP contribution in [0.2, 0.25) is 0 Å². The Kier molecular flexibility index (Phi) is 6.11. The third-order valence-corrected chi connectivity index (χ3v) is 5.20. The third kappa shape index (κ3) is 4.16. The Bertz CT molecular complexity index is 1200. The zero-order valence-corrected chi connectivity index (χ0v) is 18.1. The number of ether oxygens (including phenoxy) is 2. The summed E-state index contributed by atoms with van der Waals surface area (Å²) in [5.41, 5.74) is 4.23. The van der Waals surface area contributed by atoms with Gasteiger partial charge in [0.05, 0.1) is 26.8 Å². The number of carbonyl (C=O) groups is 1. The fourth-order valence-corrected chi connectivity index (χ4v) is 3.65. The van der Waals surface area contributed by atoms with Gasteiger partial charge in [0.15, 0.2) is 0 Å². The van der Waals surface area contributed by atoms with Crippen LogP contribution in [0.1, 0.15) is 34.1 Å². The van der Waals surface area contributed by atoms with E-state index in [2.05, 4.69) is 15.0 Å². The maximum atomic E-state index is 13.7. The molecule has 2 aromatic heterocycles. The number of rotatable bonds is 7. The number of pyridine rings is 2. The van der Waals surface area contributed by atoms with Crippen molar-refractivity contribution in [2.45, 2.75) is 20.0 Å². The van der Waals surface area contributed by atoms with Crippen LogP contribution in [-0.2, 0) is 13.1 Å². The van der Waals surface area contributed by atoms with Crippen molar-refractivity contribution in [1.82, 2.24) is 14.9 Å². The lowest BCUT2D eigenvalue weighted by Crippen LogP contribution is -2.28. The van der Waals surface area contributed by atoms with Crippen LogP contribution >= 0.6 is 0 Å². The highest BCUT2D eigenvalue weighted by atomic mass is 19.1. The van der Waals surface area contributed by atoms with Crippen LogP contribution in [0.4, 0.5) is 4.39 Å². The molecular weight excluding hydrogens is 411 g/mol. The summed E-state index contributed by atoms with van der Waals surface area (Å²) in [5, 5.41) is 0. The van der Waals surface area contributed by atoms with Gasteiger partial charge in [0.25, 0.3) is 5.91 Å². The van der Waals surface area contributed by atoms with Gasteiger partial charge in [0.2, 0.25) is 11.8 Å². The zero-order valence-electron chi connectivity index (χ0n) is 18.1. The Morgan fingerprint density at radius 1 is 1.22 bits per heavy atom. The normalized spacial score (nSPS) is 11.9. The number of carbonyl (C=O) groups excluding carboxylic acids is 1. The van der Waals surface area contributed by atoms with Gasteiger partial charge in [0.1, 0.15) is 11.5 Å². The molecule has 32 heavy (non-hydrogen) atoms. The Hall–Kier alpha value is -3.81. The lowest BCUT2D eigenvalue weighted by atomic mass is 10.1. The summed E-state index contributed by atoms with van der Waals surface area (Å²) >= 11 is 0. The molecule has 3 aromatic rings. The highest BCUT2D eigenvalue weighted by Gasteiger charge is 2.23. The van der Waals surface area contributed by atoms with Crippen molar-refractivity contribution < 1.29 is 18.7 Å². The lowest BCUT2D eigenvalue weighted by Gasteiger charge is -2.20. The first-order valence-electron chi connectivity index (χ1n) is 10.2. The zero-order chi connectivity index (χ0) is 22.7. The van der Waals surface area contributed by atoms with Gasteiger partial charge >= 0.3 is 0 Å². The van der Waals surface area contributed by atoms with Crippen molar-refractivity contribution in [3.05, 3.63) is 70.8 Å². The molecule has 1 aliphatic heterocycles. The van der Waals surface area contributed by atoms with Crippen molar-refractivity contribution in [2.75, 3.05) is 20.8 Å². The van der Waals surface area contributed by atoms with Gasteiger partial charge in [-0.25, -0.2) is 14.4 Å². The largest absolute Gasteiger partial charge is 0.481 e. The van der Waals surface area contributed by atoms with Gasteiger partial charge in [0, 0.05) is 36.1 Å². The molecule has 0 unspecified atom stereocenters. The predicted octanol–water partition coefficient (Wildman–Crippen LogP) is 3.89. The molecule has 1 aromatic carbocycles. The van der Waals surface area contributed by atoms with Crippen LogP contribution in [0.15, 0.2) is 47.6 Å². The van der Waals surface area contributed by atoms with E-state index in [9.17, 15) is 9.18 Å². The van der Waals surface area contributed by atoms with E-state index in [1.165, 1.54) is 12.1 Å². The van der Waals surface area contributed by atoms with Crippen molar-refractivity contribution in [1.29, 1.82) is 0 Å². The Balaban J connectivity index is 1.62. The number of hydrogen-bond donors (Lipinski definition) is 0. The maximum Gasteiger partial charge on any atom is 0.272 e. The quantitative estimate of drug-likeness (QED) is 0.564. The minimum atomic E-state index is -0.355. The van der Waals surface area contributed by atoms with Crippen LogP contribution in [-0.4, -0.2) is 47.8 Å². The van der Waals surface area contributed by atoms with E-state index in [1.807, 2.05) is 6.92 Å². The number of amides is 1. The van der Waals surface area contributed by atoms with Gasteiger partial charge in [-0.1, -0.05) is 12.1 Å². The molecule has 3 heterocycles. The molecule has 7 nitrogen and oxygen atoms in total. The molecule has 4 rings (SSSR count). The van der Waals surface area contributed by atoms with E-state index in [0.717, 1.165) is 16.7 Å². The summed E-state index contributed by atoms with van der Waals surface area (Å²) in [6, 6.07) is 9.52. The van der Waals surface area contributed by atoms with E-state index < -0.39 is 0 Å². The topological polar surface area (TPSA) is 76.9 Å². The van der Waals surface area contributed by atoms with Crippen LogP contribution in [0, 0.1) is 5.82 Å². The molecule has 0 saturated heterocycles.